The molecule has 1 saturated heterocycles. The average molecular weight is 171 g/mol. The van der Waals surface area contributed by atoms with Crippen molar-refractivity contribution >= 4 is 0 Å². The summed E-state index contributed by atoms with van der Waals surface area (Å²) in [6.45, 7) is 12.0. The van der Waals surface area contributed by atoms with Gasteiger partial charge in [0.25, 0.3) is 0 Å². The number of rotatable bonds is 1. The van der Waals surface area contributed by atoms with Gasteiger partial charge in [0.2, 0.25) is 0 Å². The summed E-state index contributed by atoms with van der Waals surface area (Å²) in [5, 5.41) is 0. The van der Waals surface area contributed by atoms with Gasteiger partial charge in [0, 0.05) is 25.7 Å². The zero-order valence-electron chi connectivity index (χ0n) is 8.76. The first-order chi connectivity index (χ1) is 5.51. The normalized spacial score (nSPS) is 25.8. The molecule has 1 rings (SSSR count). The summed E-state index contributed by atoms with van der Waals surface area (Å²) in [6, 6.07) is 0.644. The van der Waals surface area contributed by atoms with Crippen LogP contribution < -0.4 is 0 Å². The van der Waals surface area contributed by atoms with Gasteiger partial charge in [-0.2, -0.15) is 0 Å². The van der Waals surface area contributed by atoms with Gasteiger partial charge in [-0.05, 0) is 34.1 Å². The van der Waals surface area contributed by atoms with E-state index in [0.29, 0.717) is 6.04 Å². The Kier molecular flexibility index (Phi) is 3.13. The molecule has 0 N–H and O–H groups in total. The van der Waals surface area contributed by atoms with Crippen LogP contribution in [0.15, 0.2) is 0 Å². The van der Waals surface area contributed by atoms with Gasteiger partial charge in [-0.25, -0.2) is 0 Å². The summed E-state index contributed by atoms with van der Waals surface area (Å²) < 4.78 is 5.73. The molecule has 1 aliphatic rings. The van der Waals surface area contributed by atoms with Crippen molar-refractivity contribution in [2.45, 2.75) is 45.8 Å². The highest BCUT2D eigenvalue weighted by atomic mass is 16.5. The lowest BCUT2D eigenvalue weighted by atomic mass is 10.1. The lowest BCUT2D eigenvalue weighted by molar-refractivity contribution is -0.0205. The number of nitrogens with zero attached hydrogens (tertiary/aromatic N) is 1. The topological polar surface area (TPSA) is 12.5 Å². The minimum Gasteiger partial charge on any atom is -0.374 e. The third-order valence-electron chi connectivity index (χ3n) is 2.40. The molecule has 72 valence electrons. The van der Waals surface area contributed by atoms with E-state index in [1.54, 1.807) is 0 Å². The predicted octanol–water partition coefficient (Wildman–Crippen LogP) is 1.90. The fourth-order valence-corrected chi connectivity index (χ4v) is 1.67. The lowest BCUT2D eigenvalue weighted by Crippen LogP contribution is -2.41. The quantitative estimate of drug-likeness (QED) is 0.597. The zero-order valence-corrected chi connectivity index (χ0v) is 8.76. The second-order valence-electron chi connectivity index (χ2n) is 4.53. The van der Waals surface area contributed by atoms with Crippen molar-refractivity contribution in [1.82, 2.24) is 4.90 Å². The van der Waals surface area contributed by atoms with Crippen LogP contribution in [-0.4, -0.2) is 36.2 Å². The summed E-state index contributed by atoms with van der Waals surface area (Å²) in [7, 11) is 0. The molecule has 2 heteroatoms. The van der Waals surface area contributed by atoms with Gasteiger partial charge in [-0.3, -0.25) is 4.90 Å². The molecule has 1 fully saturated rings. The third kappa shape index (κ3) is 2.76. The van der Waals surface area contributed by atoms with E-state index < -0.39 is 0 Å². The van der Waals surface area contributed by atoms with Crippen LogP contribution in [0, 0.1) is 0 Å². The zero-order chi connectivity index (χ0) is 9.19. The fourth-order valence-electron chi connectivity index (χ4n) is 1.67. The van der Waals surface area contributed by atoms with Crippen molar-refractivity contribution in [1.29, 1.82) is 0 Å². The molecule has 0 atom stereocenters. The second-order valence-corrected chi connectivity index (χ2v) is 4.53. The summed E-state index contributed by atoms with van der Waals surface area (Å²) >= 11 is 0. The second kappa shape index (κ2) is 3.75. The first-order valence-electron chi connectivity index (χ1n) is 4.89. The van der Waals surface area contributed by atoms with Crippen LogP contribution in [0.25, 0.3) is 0 Å². The van der Waals surface area contributed by atoms with E-state index >= 15 is 0 Å². The minimum atomic E-state index is 0.0424. The molecule has 0 aromatic rings. The van der Waals surface area contributed by atoms with Crippen LogP contribution >= 0.6 is 0 Å². The summed E-state index contributed by atoms with van der Waals surface area (Å²) in [6.07, 6.45) is 1.17. The molecule has 0 unspecified atom stereocenters. The van der Waals surface area contributed by atoms with E-state index in [0.717, 1.165) is 13.2 Å². The Bertz CT molecular complexity index is 143. The number of hydrogen-bond donors (Lipinski definition) is 0. The molecule has 0 bridgehead atoms. The maximum Gasteiger partial charge on any atom is 0.0752 e. The van der Waals surface area contributed by atoms with Crippen LogP contribution in [0.1, 0.15) is 34.1 Å². The highest BCUT2D eigenvalue weighted by Gasteiger charge is 2.26. The Morgan fingerprint density at radius 1 is 1.33 bits per heavy atom. The van der Waals surface area contributed by atoms with Crippen molar-refractivity contribution in [3.8, 4) is 0 Å². The molecular formula is C10H21NO. The molecule has 0 spiro atoms. The van der Waals surface area contributed by atoms with E-state index in [-0.39, 0.29) is 5.60 Å². The van der Waals surface area contributed by atoms with Crippen molar-refractivity contribution in [2.24, 2.45) is 0 Å². The van der Waals surface area contributed by atoms with Gasteiger partial charge in [0.05, 0.1) is 5.60 Å². The first-order valence-corrected chi connectivity index (χ1v) is 4.89. The van der Waals surface area contributed by atoms with Gasteiger partial charge in [-0.15, -0.1) is 0 Å². The Labute approximate surface area is 75.9 Å². The Morgan fingerprint density at radius 2 is 2.00 bits per heavy atom. The van der Waals surface area contributed by atoms with E-state index in [4.69, 9.17) is 4.74 Å². The molecule has 0 amide bonds. The molecule has 0 aromatic heterocycles. The van der Waals surface area contributed by atoms with Gasteiger partial charge in [-0.1, -0.05) is 0 Å². The van der Waals surface area contributed by atoms with E-state index in [9.17, 15) is 0 Å². The molecule has 1 heterocycles. The van der Waals surface area contributed by atoms with Crippen LogP contribution in [-0.2, 0) is 4.74 Å². The van der Waals surface area contributed by atoms with Gasteiger partial charge >= 0.3 is 0 Å². The van der Waals surface area contributed by atoms with Crippen LogP contribution in [0.5, 0.6) is 0 Å². The van der Waals surface area contributed by atoms with E-state index in [1.165, 1.54) is 13.0 Å². The molecule has 1 aliphatic heterocycles. The Hall–Kier alpha value is -0.0800. The molecule has 2 nitrogen and oxygen atoms in total. The van der Waals surface area contributed by atoms with E-state index in [1.807, 2.05) is 0 Å². The fraction of sp³-hybridized carbons (Fsp3) is 1.00. The summed E-state index contributed by atoms with van der Waals surface area (Å²) in [5.74, 6) is 0. The largest absolute Gasteiger partial charge is 0.374 e. The molecule has 0 radical (unpaired) electrons. The molecule has 0 saturated carbocycles. The monoisotopic (exact) mass is 171 g/mol. The number of hydrogen-bond acceptors (Lipinski definition) is 2. The highest BCUT2D eigenvalue weighted by molar-refractivity contribution is 4.79. The van der Waals surface area contributed by atoms with Crippen LogP contribution in [0.3, 0.4) is 0 Å². The Morgan fingerprint density at radius 3 is 2.58 bits per heavy atom. The highest BCUT2D eigenvalue weighted by Crippen LogP contribution is 2.17. The SMILES string of the molecule is CC(C)N1CCCOC(C)(C)C1. The summed E-state index contributed by atoms with van der Waals surface area (Å²) in [4.78, 5) is 2.49. The molecule has 0 aromatic carbocycles. The van der Waals surface area contributed by atoms with Gasteiger partial charge in [0.15, 0.2) is 0 Å². The number of ether oxygens (including phenoxy) is 1. The molecular weight excluding hydrogens is 150 g/mol. The minimum absolute atomic E-state index is 0.0424. The van der Waals surface area contributed by atoms with Crippen molar-refractivity contribution in [3.05, 3.63) is 0 Å². The third-order valence-corrected chi connectivity index (χ3v) is 2.40. The first kappa shape index (κ1) is 10.0. The predicted molar refractivity (Wildman–Crippen MR) is 51.4 cm³/mol. The molecule has 0 aliphatic carbocycles. The van der Waals surface area contributed by atoms with Gasteiger partial charge < -0.3 is 4.74 Å². The average Bonchev–Trinajstić information content (AvgIpc) is 2.10. The van der Waals surface area contributed by atoms with E-state index in [2.05, 4.69) is 32.6 Å². The maximum atomic E-state index is 5.73. The van der Waals surface area contributed by atoms with Crippen molar-refractivity contribution in [2.75, 3.05) is 19.7 Å². The Balaban J connectivity index is 2.54. The maximum absolute atomic E-state index is 5.73. The summed E-state index contributed by atoms with van der Waals surface area (Å²) in [5.41, 5.74) is 0.0424. The smallest absolute Gasteiger partial charge is 0.0752 e. The lowest BCUT2D eigenvalue weighted by Gasteiger charge is -2.31. The van der Waals surface area contributed by atoms with Crippen LogP contribution in [0.4, 0.5) is 0 Å². The van der Waals surface area contributed by atoms with Crippen molar-refractivity contribution < 1.29 is 4.74 Å². The standard InChI is InChI=1S/C10H21NO/c1-9(2)11-6-5-7-12-10(3,4)8-11/h9H,5-8H2,1-4H3. The van der Waals surface area contributed by atoms with Crippen molar-refractivity contribution in [3.63, 3.8) is 0 Å². The van der Waals surface area contributed by atoms with Crippen LogP contribution in [0.2, 0.25) is 0 Å². The molecule has 12 heavy (non-hydrogen) atoms. The van der Waals surface area contributed by atoms with Gasteiger partial charge in [0.1, 0.15) is 0 Å².